The van der Waals surface area contributed by atoms with Crippen molar-refractivity contribution in [3.8, 4) is 0 Å². The number of quaternary nitrogens is 1. The molecule has 26 heavy (non-hydrogen) atoms. The Hall–Kier alpha value is -2.42. The molecule has 136 valence electrons. The van der Waals surface area contributed by atoms with E-state index in [0.29, 0.717) is 0 Å². The minimum Gasteiger partial charge on any atom is -0.870 e. The van der Waals surface area contributed by atoms with Crippen LogP contribution in [0.1, 0.15) is 23.1 Å². The standard InChI is InChI=1S/C24H27N.H2O/c25-17-16-24(18-21-10-4-1-5-11-21,19-22-12-6-2-7-13-22)20-23-14-8-3-9-15-23;/h1-15H,16-20,25H2;1H2. The maximum Gasteiger partial charge on any atom is 0.0745 e. The number of rotatable bonds is 8. The third kappa shape index (κ3) is 5.55. The van der Waals surface area contributed by atoms with Crippen LogP contribution in [-0.2, 0) is 19.3 Å². The molecule has 4 N–H and O–H groups in total. The van der Waals surface area contributed by atoms with Gasteiger partial charge in [-0.1, -0.05) is 91.0 Å². The summed E-state index contributed by atoms with van der Waals surface area (Å²) in [5.41, 5.74) is 8.65. The summed E-state index contributed by atoms with van der Waals surface area (Å²) in [6, 6.07) is 32.7. The van der Waals surface area contributed by atoms with E-state index in [-0.39, 0.29) is 10.9 Å². The summed E-state index contributed by atoms with van der Waals surface area (Å²) in [7, 11) is 0. The van der Waals surface area contributed by atoms with Gasteiger partial charge in [-0.2, -0.15) is 0 Å². The van der Waals surface area contributed by atoms with Gasteiger partial charge in [-0.05, 0) is 41.4 Å². The summed E-state index contributed by atoms with van der Waals surface area (Å²) >= 11 is 0. The van der Waals surface area contributed by atoms with Crippen LogP contribution in [0.5, 0.6) is 0 Å². The van der Waals surface area contributed by atoms with Crippen LogP contribution in [0.3, 0.4) is 0 Å². The van der Waals surface area contributed by atoms with E-state index in [1.54, 1.807) is 0 Å². The maximum absolute atomic E-state index is 4.20. The van der Waals surface area contributed by atoms with Crippen LogP contribution < -0.4 is 5.73 Å². The van der Waals surface area contributed by atoms with Gasteiger partial charge >= 0.3 is 0 Å². The van der Waals surface area contributed by atoms with Crippen LogP contribution in [0.15, 0.2) is 91.0 Å². The van der Waals surface area contributed by atoms with Gasteiger partial charge in [0.2, 0.25) is 0 Å². The van der Waals surface area contributed by atoms with Gasteiger partial charge < -0.3 is 11.2 Å². The Morgan fingerprint density at radius 2 is 0.846 bits per heavy atom. The van der Waals surface area contributed by atoms with E-state index in [1.165, 1.54) is 16.7 Å². The second kappa shape index (κ2) is 9.91. The normalized spacial score (nSPS) is 11.0. The molecule has 0 aliphatic rings. The molecule has 3 aromatic rings. The average Bonchev–Trinajstić information content (AvgIpc) is 2.64. The van der Waals surface area contributed by atoms with Crippen molar-refractivity contribution in [1.29, 1.82) is 0 Å². The van der Waals surface area contributed by atoms with E-state index in [4.69, 9.17) is 0 Å². The van der Waals surface area contributed by atoms with Crippen LogP contribution in [0.2, 0.25) is 0 Å². The highest BCUT2D eigenvalue weighted by Crippen LogP contribution is 2.35. The molecule has 0 saturated carbocycles. The second-order valence-electron chi connectivity index (χ2n) is 7.09. The molecule has 0 saturated heterocycles. The SMILES string of the molecule is [NH3+]CCC(Cc1ccccc1)(Cc1ccccc1)Cc1ccccc1.[OH-]. The van der Waals surface area contributed by atoms with E-state index >= 15 is 0 Å². The van der Waals surface area contributed by atoms with Crippen molar-refractivity contribution in [2.45, 2.75) is 25.7 Å². The zero-order valence-electron chi connectivity index (χ0n) is 15.4. The average molecular weight is 348 g/mol. The Labute approximate surface area is 157 Å². The number of hydrogen-bond acceptors (Lipinski definition) is 1. The number of benzene rings is 3. The quantitative estimate of drug-likeness (QED) is 0.653. The Bertz CT molecular complexity index is 640. The Morgan fingerprint density at radius 1 is 0.538 bits per heavy atom. The molecule has 0 radical (unpaired) electrons. The lowest BCUT2D eigenvalue weighted by Crippen LogP contribution is -2.53. The van der Waals surface area contributed by atoms with Crippen LogP contribution in [0, 0.1) is 5.41 Å². The monoisotopic (exact) mass is 347 g/mol. The topological polar surface area (TPSA) is 57.6 Å². The molecule has 0 spiro atoms. The van der Waals surface area contributed by atoms with Gasteiger partial charge in [0.15, 0.2) is 0 Å². The Kier molecular flexibility index (Phi) is 7.58. The second-order valence-corrected chi connectivity index (χ2v) is 7.09. The van der Waals surface area contributed by atoms with Crippen LogP contribution in [0.25, 0.3) is 0 Å². The molecule has 3 aromatic carbocycles. The Balaban J connectivity index is 0.00000243. The highest BCUT2D eigenvalue weighted by atomic mass is 16.0. The molecule has 0 aliphatic carbocycles. The van der Waals surface area contributed by atoms with E-state index < -0.39 is 0 Å². The third-order valence-corrected chi connectivity index (χ3v) is 4.97. The lowest BCUT2D eigenvalue weighted by molar-refractivity contribution is -0.372. The first-order chi connectivity index (χ1) is 12.3. The van der Waals surface area contributed by atoms with Gasteiger partial charge in [0.05, 0.1) is 6.54 Å². The summed E-state index contributed by atoms with van der Waals surface area (Å²) in [5, 5.41) is 0. The molecule has 0 heterocycles. The largest absolute Gasteiger partial charge is 0.870 e. The minimum atomic E-state index is 0. The van der Waals surface area contributed by atoms with Gasteiger partial charge in [0.1, 0.15) is 0 Å². The third-order valence-electron chi connectivity index (χ3n) is 4.97. The molecular weight excluding hydrogens is 318 g/mol. The van der Waals surface area contributed by atoms with Crippen LogP contribution in [-0.4, -0.2) is 12.0 Å². The molecule has 0 unspecified atom stereocenters. The molecule has 0 atom stereocenters. The number of hydrogen-bond donors (Lipinski definition) is 1. The van der Waals surface area contributed by atoms with E-state index in [0.717, 1.165) is 32.2 Å². The van der Waals surface area contributed by atoms with Gasteiger partial charge in [0, 0.05) is 6.42 Å². The Morgan fingerprint density at radius 3 is 1.12 bits per heavy atom. The highest BCUT2D eigenvalue weighted by Gasteiger charge is 2.31. The van der Waals surface area contributed by atoms with Gasteiger partial charge in [-0.15, -0.1) is 0 Å². The highest BCUT2D eigenvalue weighted by molar-refractivity contribution is 5.24. The molecule has 0 aliphatic heterocycles. The zero-order valence-corrected chi connectivity index (χ0v) is 15.4. The predicted molar refractivity (Wildman–Crippen MR) is 107 cm³/mol. The first-order valence-electron chi connectivity index (χ1n) is 9.21. The van der Waals surface area contributed by atoms with Crippen molar-refractivity contribution < 1.29 is 11.2 Å². The molecule has 0 amide bonds. The fourth-order valence-electron chi connectivity index (χ4n) is 3.91. The predicted octanol–water partition coefficient (Wildman–Crippen LogP) is 4.16. The van der Waals surface area contributed by atoms with Crippen LogP contribution in [0.4, 0.5) is 0 Å². The molecule has 0 fully saturated rings. The summed E-state index contributed by atoms with van der Waals surface area (Å²) in [5.74, 6) is 0. The maximum atomic E-state index is 4.20. The van der Waals surface area contributed by atoms with Crippen molar-refractivity contribution in [3.63, 3.8) is 0 Å². The smallest absolute Gasteiger partial charge is 0.0745 e. The van der Waals surface area contributed by atoms with E-state index in [1.807, 2.05) is 0 Å². The lowest BCUT2D eigenvalue weighted by atomic mass is 9.70. The fourth-order valence-corrected chi connectivity index (χ4v) is 3.91. The van der Waals surface area contributed by atoms with Crippen molar-refractivity contribution in [2.75, 3.05) is 6.54 Å². The van der Waals surface area contributed by atoms with Crippen molar-refractivity contribution in [2.24, 2.45) is 5.41 Å². The first kappa shape index (κ1) is 19.9. The van der Waals surface area contributed by atoms with Gasteiger partial charge in [-0.3, -0.25) is 0 Å². The van der Waals surface area contributed by atoms with Crippen molar-refractivity contribution in [3.05, 3.63) is 108 Å². The summed E-state index contributed by atoms with van der Waals surface area (Å²) < 4.78 is 0. The summed E-state index contributed by atoms with van der Waals surface area (Å²) in [6.45, 7) is 0.965. The molecule has 2 heteroatoms. The van der Waals surface area contributed by atoms with E-state index in [2.05, 4.69) is 96.7 Å². The van der Waals surface area contributed by atoms with Gasteiger partial charge in [0.25, 0.3) is 0 Å². The zero-order chi connectivity index (χ0) is 17.4. The first-order valence-corrected chi connectivity index (χ1v) is 9.21. The van der Waals surface area contributed by atoms with Crippen LogP contribution >= 0.6 is 0 Å². The fraction of sp³-hybridized carbons (Fsp3) is 0.250. The van der Waals surface area contributed by atoms with Crippen molar-refractivity contribution >= 4 is 0 Å². The molecule has 3 rings (SSSR count). The molecular formula is C24H29NO. The van der Waals surface area contributed by atoms with E-state index in [9.17, 15) is 0 Å². The molecule has 0 aromatic heterocycles. The molecule has 0 bridgehead atoms. The summed E-state index contributed by atoms with van der Waals surface area (Å²) in [6.07, 6.45) is 4.40. The summed E-state index contributed by atoms with van der Waals surface area (Å²) in [4.78, 5) is 0. The lowest BCUT2D eigenvalue weighted by Gasteiger charge is -2.34. The van der Waals surface area contributed by atoms with Crippen molar-refractivity contribution in [1.82, 2.24) is 0 Å². The van der Waals surface area contributed by atoms with Gasteiger partial charge in [-0.25, -0.2) is 0 Å². The minimum absolute atomic E-state index is 0. The molecule has 2 nitrogen and oxygen atoms in total.